The minimum Gasteiger partial charge on any atom is -0.494 e. The van der Waals surface area contributed by atoms with Gasteiger partial charge in [0.05, 0.1) is 25.7 Å². The van der Waals surface area contributed by atoms with E-state index in [1.165, 1.54) is 0 Å². The number of hydrogen-bond donors (Lipinski definition) is 0. The summed E-state index contributed by atoms with van der Waals surface area (Å²) in [5, 5.41) is 7.53. The molecule has 0 spiro atoms. The number of methoxy groups -OCH3 is 1. The maximum Gasteiger partial charge on any atom is 0.145 e. The van der Waals surface area contributed by atoms with Crippen LogP contribution in [0.1, 0.15) is 0 Å². The van der Waals surface area contributed by atoms with Crippen LogP contribution in [-0.4, -0.2) is 22.3 Å². The van der Waals surface area contributed by atoms with Crippen molar-refractivity contribution in [1.29, 1.82) is 0 Å². The van der Waals surface area contributed by atoms with Gasteiger partial charge in [-0.2, -0.15) is 10.2 Å². The van der Waals surface area contributed by atoms with Gasteiger partial charge >= 0.3 is 0 Å². The second kappa shape index (κ2) is 3.83. The molecular formula is C10H9N3O. The zero-order valence-electron chi connectivity index (χ0n) is 7.71. The number of nitrogens with zero attached hydrogens (tertiary/aromatic N) is 3. The van der Waals surface area contributed by atoms with Gasteiger partial charge in [-0.3, -0.25) is 4.98 Å². The Morgan fingerprint density at radius 2 is 2.00 bits per heavy atom. The van der Waals surface area contributed by atoms with Crippen molar-refractivity contribution in [3.8, 4) is 16.9 Å². The van der Waals surface area contributed by atoms with Crippen molar-refractivity contribution in [2.75, 3.05) is 7.11 Å². The summed E-state index contributed by atoms with van der Waals surface area (Å²) in [5.74, 6) is 0.737. The van der Waals surface area contributed by atoms with E-state index in [4.69, 9.17) is 4.74 Å². The molecule has 4 heteroatoms. The van der Waals surface area contributed by atoms with Gasteiger partial charge in [0.2, 0.25) is 0 Å². The largest absolute Gasteiger partial charge is 0.494 e. The van der Waals surface area contributed by atoms with Crippen LogP contribution in [0.25, 0.3) is 11.1 Å². The zero-order chi connectivity index (χ0) is 9.80. The lowest BCUT2D eigenvalue weighted by Crippen LogP contribution is -1.89. The molecule has 0 atom stereocenters. The molecule has 0 bridgehead atoms. The van der Waals surface area contributed by atoms with Crippen molar-refractivity contribution >= 4 is 0 Å². The number of hydrogen-bond acceptors (Lipinski definition) is 4. The van der Waals surface area contributed by atoms with Gasteiger partial charge in [0.1, 0.15) is 5.75 Å². The highest BCUT2D eigenvalue weighted by Crippen LogP contribution is 2.27. The molecule has 0 aromatic carbocycles. The average Bonchev–Trinajstić information content (AvgIpc) is 2.30. The molecule has 0 radical (unpaired) electrons. The molecule has 0 saturated heterocycles. The first-order chi connectivity index (χ1) is 6.92. The van der Waals surface area contributed by atoms with Gasteiger partial charge in [-0.05, 0) is 12.1 Å². The standard InChI is InChI=1S/C10H9N3O/c1-14-10-7-11-4-3-9(10)8-2-5-12-13-6-8/h2-7H,1H3. The average molecular weight is 187 g/mol. The van der Waals surface area contributed by atoms with E-state index in [9.17, 15) is 0 Å². The van der Waals surface area contributed by atoms with E-state index in [1.807, 2.05) is 12.1 Å². The van der Waals surface area contributed by atoms with Crippen LogP contribution in [0.5, 0.6) is 5.75 Å². The van der Waals surface area contributed by atoms with Crippen LogP contribution in [0.4, 0.5) is 0 Å². The van der Waals surface area contributed by atoms with Crippen LogP contribution in [0, 0.1) is 0 Å². The Morgan fingerprint density at radius 1 is 1.07 bits per heavy atom. The molecule has 0 N–H and O–H groups in total. The first kappa shape index (κ1) is 8.62. The molecule has 0 aliphatic heterocycles. The SMILES string of the molecule is COc1cnccc1-c1ccnnc1. The van der Waals surface area contributed by atoms with E-state index in [1.54, 1.807) is 31.9 Å². The van der Waals surface area contributed by atoms with Gasteiger partial charge in [0.15, 0.2) is 0 Å². The first-order valence-corrected chi connectivity index (χ1v) is 4.17. The van der Waals surface area contributed by atoms with Crippen LogP contribution in [0.3, 0.4) is 0 Å². The molecule has 4 nitrogen and oxygen atoms in total. The van der Waals surface area contributed by atoms with E-state index in [2.05, 4.69) is 15.2 Å². The van der Waals surface area contributed by atoms with Crippen molar-refractivity contribution in [3.05, 3.63) is 36.9 Å². The number of ether oxygens (including phenoxy) is 1. The Labute approximate surface area is 81.6 Å². The summed E-state index contributed by atoms with van der Waals surface area (Å²) >= 11 is 0. The zero-order valence-corrected chi connectivity index (χ0v) is 7.71. The van der Waals surface area contributed by atoms with Crippen molar-refractivity contribution in [2.45, 2.75) is 0 Å². The van der Waals surface area contributed by atoms with Crippen molar-refractivity contribution in [2.24, 2.45) is 0 Å². The molecule has 2 heterocycles. The number of aromatic nitrogens is 3. The molecule has 0 saturated carbocycles. The molecule has 14 heavy (non-hydrogen) atoms. The monoisotopic (exact) mass is 187 g/mol. The second-order valence-electron chi connectivity index (χ2n) is 2.71. The molecule has 0 fully saturated rings. The van der Waals surface area contributed by atoms with E-state index in [-0.39, 0.29) is 0 Å². The van der Waals surface area contributed by atoms with Crippen molar-refractivity contribution < 1.29 is 4.74 Å². The summed E-state index contributed by atoms with van der Waals surface area (Å²) in [7, 11) is 1.62. The second-order valence-corrected chi connectivity index (χ2v) is 2.71. The number of rotatable bonds is 2. The normalized spacial score (nSPS) is 9.79. The minimum atomic E-state index is 0.737. The highest BCUT2D eigenvalue weighted by molar-refractivity contribution is 5.68. The maximum absolute atomic E-state index is 5.19. The highest BCUT2D eigenvalue weighted by Gasteiger charge is 2.04. The minimum absolute atomic E-state index is 0.737. The summed E-state index contributed by atoms with van der Waals surface area (Å²) in [4.78, 5) is 3.98. The summed E-state index contributed by atoms with van der Waals surface area (Å²) in [6.45, 7) is 0. The number of pyridine rings is 1. The molecule has 0 unspecified atom stereocenters. The molecule has 2 aromatic rings. The molecule has 2 rings (SSSR count). The van der Waals surface area contributed by atoms with Crippen molar-refractivity contribution in [3.63, 3.8) is 0 Å². The Hall–Kier alpha value is -1.97. The molecule has 0 aliphatic carbocycles. The summed E-state index contributed by atoms with van der Waals surface area (Å²) < 4.78 is 5.19. The van der Waals surface area contributed by atoms with E-state index in [0.717, 1.165) is 16.9 Å². The van der Waals surface area contributed by atoms with Gasteiger partial charge < -0.3 is 4.74 Å². The fourth-order valence-electron chi connectivity index (χ4n) is 1.23. The van der Waals surface area contributed by atoms with Crippen LogP contribution in [0.2, 0.25) is 0 Å². The van der Waals surface area contributed by atoms with Crippen LogP contribution in [0.15, 0.2) is 36.9 Å². The molecule has 70 valence electrons. The fourth-order valence-corrected chi connectivity index (χ4v) is 1.23. The molecule has 0 amide bonds. The van der Waals surface area contributed by atoms with Gasteiger partial charge in [0.25, 0.3) is 0 Å². The third-order valence-corrected chi connectivity index (χ3v) is 1.90. The lowest BCUT2D eigenvalue weighted by molar-refractivity contribution is 0.414. The van der Waals surface area contributed by atoms with Gasteiger partial charge in [-0.25, -0.2) is 0 Å². The Kier molecular flexibility index (Phi) is 2.36. The van der Waals surface area contributed by atoms with Crippen LogP contribution < -0.4 is 4.74 Å². The maximum atomic E-state index is 5.19. The van der Waals surface area contributed by atoms with Gasteiger partial charge in [-0.15, -0.1) is 0 Å². The summed E-state index contributed by atoms with van der Waals surface area (Å²) in [6, 6.07) is 3.76. The fraction of sp³-hybridized carbons (Fsp3) is 0.100. The molecule has 0 aliphatic rings. The van der Waals surface area contributed by atoms with E-state index in [0.29, 0.717) is 0 Å². The Balaban J connectivity index is 2.51. The third-order valence-electron chi connectivity index (χ3n) is 1.90. The lowest BCUT2D eigenvalue weighted by Gasteiger charge is -2.05. The quantitative estimate of drug-likeness (QED) is 0.715. The topological polar surface area (TPSA) is 47.9 Å². The Bertz CT molecular complexity index is 417. The molecular weight excluding hydrogens is 178 g/mol. The molecule has 2 aromatic heterocycles. The first-order valence-electron chi connectivity index (χ1n) is 4.17. The lowest BCUT2D eigenvalue weighted by atomic mass is 10.1. The van der Waals surface area contributed by atoms with Crippen molar-refractivity contribution in [1.82, 2.24) is 15.2 Å². The predicted octanol–water partition coefficient (Wildman–Crippen LogP) is 1.55. The smallest absolute Gasteiger partial charge is 0.145 e. The third kappa shape index (κ3) is 1.54. The highest BCUT2D eigenvalue weighted by atomic mass is 16.5. The predicted molar refractivity (Wildman–Crippen MR) is 51.8 cm³/mol. The summed E-state index contributed by atoms with van der Waals surface area (Å²) in [5.41, 5.74) is 1.94. The summed E-state index contributed by atoms with van der Waals surface area (Å²) in [6.07, 6.45) is 6.74. The van der Waals surface area contributed by atoms with Crippen LogP contribution in [-0.2, 0) is 0 Å². The van der Waals surface area contributed by atoms with E-state index >= 15 is 0 Å². The van der Waals surface area contributed by atoms with Crippen LogP contribution >= 0.6 is 0 Å². The van der Waals surface area contributed by atoms with E-state index < -0.39 is 0 Å². The van der Waals surface area contributed by atoms with Gasteiger partial charge in [0, 0.05) is 17.3 Å². The van der Waals surface area contributed by atoms with Gasteiger partial charge in [-0.1, -0.05) is 0 Å². The Morgan fingerprint density at radius 3 is 2.71 bits per heavy atom.